The summed E-state index contributed by atoms with van der Waals surface area (Å²) >= 11 is 0. The quantitative estimate of drug-likeness (QED) is 0.882. The maximum atomic E-state index is 6.34. The first kappa shape index (κ1) is 14.7. The van der Waals surface area contributed by atoms with Crippen molar-refractivity contribution in [3.8, 4) is 5.75 Å². The number of para-hydroxylation sites is 1. The normalized spacial score (nSPS) is 16.5. The van der Waals surface area contributed by atoms with E-state index in [4.69, 9.17) is 10.5 Å². The Labute approximate surface area is 131 Å². The number of nitrogens with two attached hydrogens (primary N) is 1. The van der Waals surface area contributed by atoms with Crippen LogP contribution in [0.2, 0.25) is 0 Å². The summed E-state index contributed by atoms with van der Waals surface area (Å²) in [6, 6.07) is 14.2. The second-order valence-electron chi connectivity index (χ2n) is 5.93. The van der Waals surface area contributed by atoms with Crippen molar-refractivity contribution < 1.29 is 4.74 Å². The number of hydrogen-bond donors (Lipinski definition) is 1. The molecule has 1 heterocycles. The van der Waals surface area contributed by atoms with Crippen LogP contribution in [-0.2, 0) is 0 Å². The maximum absolute atomic E-state index is 6.34. The molecule has 0 amide bonds. The molecule has 2 N–H and O–H groups in total. The average molecular weight is 293 g/mol. The monoisotopic (exact) mass is 293 g/mol. The van der Waals surface area contributed by atoms with Crippen molar-refractivity contribution in [3.05, 3.63) is 58.5 Å². The molecule has 0 bridgehead atoms. The van der Waals surface area contributed by atoms with E-state index >= 15 is 0 Å². The predicted octanol–water partition coefficient (Wildman–Crippen LogP) is 3.22. The smallest absolute Gasteiger partial charge is 0.127 e. The van der Waals surface area contributed by atoms with Crippen molar-refractivity contribution in [3.63, 3.8) is 0 Å². The van der Waals surface area contributed by atoms with E-state index in [0.717, 1.165) is 41.5 Å². The molecule has 0 atom stereocenters. The van der Waals surface area contributed by atoms with E-state index in [1.165, 1.54) is 5.22 Å². The third-order valence-corrected chi connectivity index (χ3v) is 4.70. The van der Waals surface area contributed by atoms with Gasteiger partial charge >= 0.3 is 0 Å². The third kappa shape index (κ3) is 2.61. The minimum atomic E-state index is -0.0442. The van der Waals surface area contributed by atoms with Crippen LogP contribution < -0.4 is 20.9 Å². The zero-order valence-corrected chi connectivity index (χ0v) is 13.3. The van der Waals surface area contributed by atoms with Gasteiger partial charge in [-0.25, -0.2) is 0 Å². The molecule has 2 heteroatoms. The highest BCUT2D eigenvalue weighted by molar-refractivity contribution is 5.64. The lowest BCUT2D eigenvalue weighted by atomic mass is 9.90. The minimum Gasteiger partial charge on any atom is -0.486 e. The van der Waals surface area contributed by atoms with Crippen molar-refractivity contribution >= 4 is 17.8 Å². The molecule has 3 rings (SSSR count). The minimum absolute atomic E-state index is 0.0442. The fourth-order valence-corrected chi connectivity index (χ4v) is 3.05. The summed E-state index contributed by atoms with van der Waals surface area (Å²) in [5.74, 6) is 0.984. The number of hydrogen-bond acceptors (Lipinski definition) is 2. The number of nitrogen functional groups attached to an aromatic ring is 1. The van der Waals surface area contributed by atoms with E-state index < -0.39 is 0 Å². The molecule has 1 aliphatic rings. The lowest BCUT2D eigenvalue weighted by molar-refractivity contribution is 0.0607. The molecule has 0 unspecified atom stereocenters. The van der Waals surface area contributed by atoms with Crippen LogP contribution in [0, 0.1) is 0 Å². The van der Waals surface area contributed by atoms with Crippen LogP contribution in [0.5, 0.6) is 5.75 Å². The van der Waals surface area contributed by atoms with Gasteiger partial charge in [-0.15, -0.1) is 0 Å². The van der Waals surface area contributed by atoms with Gasteiger partial charge in [-0.05, 0) is 41.8 Å². The lowest BCUT2D eigenvalue weighted by Gasteiger charge is -2.34. The topological polar surface area (TPSA) is 35.2 Å². The molecule has 0 saturated carbocycles. The van der Waals surface area contributed by atoms with Gasteiger partial charge in [0.1, 0.15) is 11.4 Å². The largest absolute Gasteiger partial charge is 0.486 e. The van der Waals surface area contributed by atoms with Gasteiger partial charge in [0, 0.05) is 17.3 Å². The molecule has 0 aromatic heterocycles. The fourth-order valence-electron chi connectivity index (χ4n) is 3.05. The van der Waals surface area contributed by atoms with Gasteiger partial charge in [-0.2, -0.15) is 0 Å². The molecule has 0 saturated heterocycles. The molecule has 22 heavy (non-hydrogen) atoms. The molecule has 2 nitrogen and oxygen atoms in total. The Hall–Kier alpha value is -2.22. The van der Waals surface area contributed by atoms with Crippen molar-refractivity contribution in [2.45, 2.75) is 38.7 Å². The van der Waals surface area contributed by atoms with Gasteiger partial charge in [-0.3, -0.25) is 0 Å². The number of benzene rings is 2. The molecule has 0 fully saturated rings. The van der Waals surface area contributed by atoms with Crippen LogP contribution in [0.1, 0.15) is 38.7 Å². The molecule has 1 aliphatic heterocycles. The van der Waals surface area contributed by atoms with Gasteiger partial charge in [0.2, 0.25) is 0 Å². The molecule has 0 spiro atoms. The highest BCUT2D eigenvalue weighted by atomic mass is 16.5. The zero-order valence-electron chi connectivity index (χ0n) is 13.3. The van der Waals surface area contributed by atoms with E-state index in [1.54, 1.807) is 0 Å². The van der Waals surface area contributed by atoms with E-state index in [0.29, 0.717) is 0 Å². The van der Waals surface area contributed by atoms with Crippen molar-refractivity contribution in [2.24, 2.45) is 0 Å². The van der Waals surface area contributed by atoms with Gasteiger partial charge in [0.05, 0.1) is 0 Å². The van der Waals surface area contributed by atoms with Crippen molar-refractivity contribution in [2.75, 3.05) is 5.73 Å². The molecule has 2 aromatic carbocycles. The summed E-state index contributed by atoms with van der Waals surface area (Å²) < 4.78 is 6.34. The summed E-state index contributed by atoms with van der Waals surface area (Å²) in [7, 11) is 0. The first-order chi connectivity index (χ1) is 10.7. The summed E-state index contributed by atoms with van der Waals surface area (Å²) in [6.45, 7) is 4.39. The van der Waals surface area contributed by atoms with Crippen LogP contribution in [0.25, 0.3) is 12.2 Å². The molecule has 0 radical (unpaired) electrons. The van der Waals surface area contributed by atoms with E-state index in [9.17, 15) is 0 Å². The Morgan fingerprint density at radius 3 is 2.59 bits per heavy atom. The van der Waals surface area contributed by atoms with E-state index in [2.05, 4.69) is 44.2 Å². The Morgan fingerprint density at radius 2 is 1.86 bits per heavy atom. The molecule has 0 aliphatic carbocycles. The van der Waals surface area contributed by atoms with Crippen molar-refractivity contribution in [1.29, 1.82) is 0 Å². The van der Waals surface area contributed by atoms with Crippen LogP contribution in [0.15, 0.2) is 42.5 Å². The average Bonchev–Trinajstić information content (AvgIpc) is 2.56. The number of rotatable bonds is 3. The zero-order chi connectivity index (χ0) is 15.6. The van der Waals surface area contributed by atoms with Crippen LogP contribution in [0.4, 0.5) is 5.69 Å². The highest BCUT2D eigenvalue weighted by Crippen LogP contribution is 2.29. The van der Waals surface area contributed by atoms with Crippen molar-refractivity contribution in [1.82, 2.24) is 0 Å². The first-order valence-electron chi connectivity index (χ1n) is 8.02. The van der Waals surface area contributed by atoms with Gasteiger partial charge in [0.15, 0.2) is 0 Å². The Morgan fingerprint density at radius 1 is 1.09 bits per heavy atom. The second-order valence-corrected chi connectivity index (χ2v) is 5.93. The Balaban J connectivity index is 2.12. The molecule has 114 valence electrons. The van der Waals surface area contributed by atoms with Crippen LogP contribution >= 0.6 is 0 Å². The molecular formula is C20H23NO. The Kier molecular flexibility index (Phi) is 3.93. The highest BCUT2D eigenvalue weighted by Gasteiger charge is 2.29. The molecule has 2 aromatic rings. The van der Waals surface area contributed by atoms with Gasteiger partial charge < -0.3 is 10.5 Å². The summed E-state index contributed by atoms with van der Waals surface area (Å²) in [4.78, 5) is 0. The number of fused-ring (bicyclic) bond motifs is 1. The Bertz CT molecular complexity index is 788. The molecular weight excluding hydrogens is 270 g/mol. The first-order valence-corrected chi connectivity index (χ1v) is 8.02. The SMILES string of the molecule is CCC1(CC)CC=c2c(ccc/c2=C/c2ccccc2N)O1. The summed E-state index contributed by atoms with van der Waals surface area (Å²) in [5.41, 5.74) is 7.86. The number of ether oxygens (including phenoxy) is 1. The van der Waals surface area contributed by atoms with Gasteiger partial charge in [0.25, 0.3) is 0 Å². The summed E-state index contributed by atoms with van der Waals surface area (Å²) in [5, 5.41) is 2.35. The fraction of sp³-hybridized carbons (Fsp3) is 0.300. The standard InChI is InChI=1S/C20H23NO/c1-3-20(4-2)13-12-17-15(9-7-11-19(17)22-20)14-16-8-5-6-10-18(16)21/h5-12,14H,3-4,13,21H2,1-2H3/b15-14-. The maximum Gasteiger partial charge on any atom is 0.127 e. The van der Waals surface area contributed by atoms with Crippen LogP contribution in [0.3, 0.4) is 0 Å². The second kappa shape index (κ2) is 5.88. The lowest BCUT2D eigenvalue weighted by Crippen LogP contribution is -2.42. The van der Waals surface area contributed by atoms with Crippen LogP contribution in [-0.4, -0.2) is 5.60 Å². The third-order valence-electron chi connectivity index (χ3n) is 4.70. The van der Waals surface area contributed by atoms with Gasteiger partial charge in [-0.1, -0.05) is 50.3 Å². The predicted molar refractivity (Wildman–Crippen MR) is 93.1 cm³/mol. The summed E-state index contributed by atoms with van der Waals surface area (Å²) in [6.07, 6.45) is 7.47. The number of anilines is 1. The van der Waals surface area contributed by atoms with E-state index in [-0.39, 0.29) is 5.60 Å². The van der Waals surface area contributed by atoms with E-state index in [1.807, 2.05) is 24.3 Å².